The summed E-state index contributed by atoms with van der Waals surface area (Å²) >= 11 is 1.87. The van der Waals surface area contributed by atoms with Crippen molar-refractivity contribution >= 4 is 75.1 Å². The molecule has 0 fully saturated rings. The molecule has 8 aromatic carbocycles. The molecule has 3 nitrogen and oxygen atoms in total. The molecule has 12 rings (SSSR count). The Morgan fingerprint density at radius 3 is 1.49 bits per heavy atom. The minimum Gasteiger partial charge on any atom is -0.341 e. The molecule has 0 aliphatic heterocycles. The summed E-state index contributed by atoms with van der Waals surface area (Å²) in [6.45, 7) is 3.14. The summed E-state index contributed by atoms with van der Waals surface area (Å²) < 4.78 is 7.45. The van der Waals surface area contributed by atoms with E-state index in [0.717, 1.165) is 17.8 Å². The van der Waals surface area contributed by atoms with Crippen LogP contribution >= 0.6 is 11.3 Å². The molecular weight excluding hydrogens is 735 g/mol. The van der Waals surface area contributed by atoms with Crippen molar-refractivity contribution in [2.24, 2.45) is 0 Å². The Kier molecular flexibility index (Phi) is 7.69. The monoisotopic (exact) mass is 771 g/mol. The van der Waals surface area contributed by atoms with Gasteiger partial charge in [-0.15, -0.1) is 11.3 Å². The average Bonchev–Trinajstić information content (AvgIpc) is 3.95. The Morgan fingerprint density at radius 2 is 0.898 bits per heavy atom. The quantitative estimate of drug-likeness (QED) is 0.165. The van der Waals surface area contributed by atoms with Crippen molar-refractivity contribution in [3.63, 3.8) is 0 Å². The van der Waals surface area contributed by atoms with Crippen molar-refractivity contribution < 1.29 is 0 Å². The molecule has 0 spiro atoms. The second-order valence-corrected chi connectivity index (χ2v) is 16.5. The number of hydrogen-bond donors (Lipinski definition) is 0. The molecule has 4 aromatic heterocycles. The molecular formula is C55H37N3S. The van der Waals surface area contributed by atoms with E-state index in [1.807, 2.05) is 29.7 Å². The van der Waals surface area contributed by atoms with Crippen LogP contribution in [0.5, 0.6) is 0 Å². The van der Waals surface area contributed by atoms with E-state index in [1.54, 1.807) is 0 Å². The van der Waals surface area contributed by atoms with Crippen LogP contribution < -0.4 is 0 Å². The van der Waals surface area contributed by atoms with Crippen LogP contribution in [-0.2, 0) is 6.54 Å². The van der Waals surface area contributed by atoms with E-state index < -0.39 is 0 Å². The third-order valence-corrected chi connectivity index (χ3v) is 13.3. The summed E-state index contributed by atoms with van der Waals surface area (Å²) in [5.41, 5.74) is 15.5. The van der Waals surface area contributed by atoms with Crippen LogP contribution in [0.4, 0.5) is 0 Å². The third kappa shape index (κ3) is 5.45. The van der Waals surface area contributed by atoms with E-state index >= 15 is 0 Å². The van der Waals surface area contributed by atoms with Gasteiger partial charge in [0.2, 0.25) is 0 Å². The molecule has 0 radical (unpaired) electrons. The summed E-state index contributed by atoms with van der Waals surface area (Å²) in [7, 11) is 0. The van der Waals surface area contributed by atoms with Crippen LogP contribution in [0.1, 0.15) is 6.92 Å². The smallest absolute Gasteiger partial charge is 0.0702 e. The van der Waals surface area contributed by atoms with E-state index in [4.69, 9.17) is 0 Å². The zero-order chi connectivity index (χ0) is 39.0. The number of aromatic nitrogens is 3. The summed E-state index contributed by atoms with van der Waals surface area (Å²) in [6, 6.07) is 69.2. The first-order chi connectivity index (χ1) is 29.2. The van der Waals surface area contributed by atoms with Gasteiger partial charge in [0.25, 0.3) is 0 Å². The van der Waals surface area contributed by atoms with Gasteiger partial charge >= 0.3 is 0 Å². The van der Waals surface area contributed by atoms with E-state index in [0.29, 0.717) is 0 Å². The first-order valence-corrected chi connectivity index (χ1v) is 21.1. The van der Waals surface area contributed by atoms with Gasteiger partial charge in [-0.3, -0.25) is 4.98 Å². The van der Waals surface area contributed by atoms with Crippen LogP contribution in [0.15, 0.2) is 194 Å². The number of rotatable bonds is 6. The van der Waals surface area contributed by atoms with Crippen LogP contribution in [0, 0.1) is 0 Å². The second-order valence-electron chi connectivity index (χ2n) is 15.4. The van der Waals surface area contributed by atoms with Crippen molar-refractivity contribution in [2.75, 3.05) is 0 Å². The zero-order valence-electron chi connectivity index (χ0n) is 32.4. The number of thiophene rings is 1. The molecule has 0 saturated carbocycles. The van der Waals surface area contributed by atoms with E-state index in [2.05, 4.69) is 197 Å². The first-order valence-electron chi connectivity index (χ1n) is 20.3. The minimum atomic E-state index is 0.907. The molecule has 0 saturated heterocycles. The fourth-order valence-corrected chi connectivity index (χ4v) is 10.4. The van der Waals surface area contributed by atoms with E-state index in [1.165, 1.54) is 103 Å². The minimum absolute atomic E-state index is 0.907. The Bertz CT molecular complexity index is 3550. The van der Waals surface area contributed by atoms with Crippen molar-refractivity contribution in [3.8, 4) is 50.3 Å². The van der Waals surface area contributed by atoms with Crippen molar-refractivity contribution in [2.45, 2.75) is 13.5 Å². The highest BCUT2D eigenvalue weighted by atomic mass is 32.1. The lowest BCUT2D eigenvalue weighted by Gasteiger charge is -2.10. The molecule has 0 amide bonds. The lowest BCUT2D eigenvalue weighted by molar-refractivity contribution is 0.827. The Morgan fingerprint density at radius 1 is 0.390 bits per heavy atom. The highest BCUT2D eigenvalue weighted by molar-refractivity contribution is 7.25. The van der Waals surface area contributed by atoms with Crippen molar-refractivity contribution in [1.82, 2.24) is 14.1 Å². The normalized spacial score (nSPS) is 11.9. The molecule has 4 heteroatoms. The number of nitrogens with zero attached hydrogens (tertiary/aromatic N) is 3. The van der Waals surface area contributed by atoms with Gasteiger partial charge in [-0.1, -0.05) is 97.1 Å². The maximum Gasteiger partial charge on any atom is 0.0702 e. The topological polar surface area (TPSA) is 22.8 Å². The van der Waals surface area contributed by atoms with Gasteiger partial charge in [0, 0.05) is 76.7 Å². The number of pyridine rings is 1. The molecule has 0 atom stereocenters. The predicted molar refractivity (Wildman–Crippen MR) is 252 cm³/mol. The van der Waals surface area contributed by atoms with Gasteiger partial charge < -0.3 is 9.13 Å². The summed E-state index contributed by atoms with van der Waals surface area (Å²) in [5.74, 6) is 0. The van der Waals surface area contributed by atoms with Crippen LogP contribution in [0.3, 0.4) is 0 Å². The lowest BCUT2D eigenvalue weighted by Crippen LogP contribution is -1.94. The Hall–Kier alpha value is -7.27. The molecule has 12 aromatic rings. The second kappa shape index (κ2) is 13.4. The largest absolute Gasteiger partial charge is 0.341 e. The molecule has 0 bridgehead atoms. The van der Waals surface area contributed by atoms with Crippen molar-refractivity contribution in [3.05, 3.63) is 194 Å². The molecule has 278 valence electrons. The fraction of sp³-hybridized carbons (Fsp3) is 0.0364. The standard InChI is InChI=1S/C55H37N3S/c1-2-57-50-24-20-37(35-11-9-13-41(29-35)49-17-7-8-28-56-49)31-45(50)46-32-38(21-25-51(46)57)40-23-27-55-48(34-40)47-33-39(22-26-54(47)59-55)36-12-10-14-42(30-36)58-52-18-5-3-15-43(52)44-16-4-6-19-53(44)58/h3-34H,2H2,1H3. The average molecular weight is 772 g/mol. The van der Waals surface area contributed by atoms with Gasteiger partial charge in [-0.25, -0.2) is 0 Å². The SMILES string of the molecule is CCn1c2ccc(-c3cccc(-c4ccccn4)c3)cc2c2cc(-c3ccc4sc5ccc(-c6cccc(-n7c8ccccc8c8ccccc87)c6)cc5c4c3)ccc21. The Balaban J connectivity index is 0.948. The van der Waals surface area contributed by atoms with Crippen LogP contribution in [0.2, 0.25) is 0 Å². The molecule has 59 heavy (non-hydrogen) atoms. The number of benzene rings is 8. The van der Waals surface area contributed by atoms with Gasteiger partial charge in [0.1, 0.15) is 0 Å². The van der Waals surface area contributed by atoms with Gasteiger partial charge in [-0.2, -0.15) is 0 Å². The summed E-state index contributed by atoms with van der Waals surface area (Å²) in [6.07, 6.45) is 1.86. The van der Waals surface area contributed by atoms with Gasteiger partial charge in [-0.05, 0) is 131 Å². The molecule has 4 heterocycles. The fourth-order valence-electron chi connectivity index (χ4n) is 9.36. The van der Waals surface area contributed by atoms with Gasteiger partial charge in [0.05, 0.1) is 16.7 Å². The highest BCUT2D eigenvalue weighted by Gasteiger charge is 2.16. The lowest BCUT2D eigenvalue weighted by atomic mass is 9.97. The van der Waals surface area contributed by atoms with Crippen LogP contribution in [0.25, 0.3) is 114 Å². The zero-order valence-corrected chi connectivity index (χ0v) is 33.2. The first kappa shape index (κ1) is 33.8. The number of para-hydroxylation sites is 2. The highest BCUT2D eigenvalue weighted by Crippen LogP contribution is 2.41. The maximum atomic E-state index is 4.60. The van der Waals surface area contributed by atoms with Crippen molar-refractivity contribution in [1.29, 1.82) is 0 Å². The summed E-state index contributed by atoms with van der Waals surface area (Å²) in [5, 5.41) is 7.71. The van der Waals surface area contributed by atoms with E-state index in [9.17, 15) is 0 Å². The van der Waals surface area contributed by atoms with E-state index in [-0.39, 0.29) is 0 Å². The maximum absolute atomic E-state index is 4.60. The third-order valence-electron chi connectivity index (χ3n) is 12.2. The predicted octanol–water partition coefficient (Wildman–Crippen LogP) is 15.3. The number of aryl methyl sites for hydroxylation is 1. The molecule has 0 aliphatic rings. The number of fused-ring (bicyclic) bond motifs is 9. The Labute approximate surface area is 345 Å². The number of hydrogen-bond acceptors (Lipinski definition) is 2. The summed E-state index contributed by atoms with van der Waals surface area (Å²) in [4.78, 5) is 4.60. The van der Waals surface area contributed by atoms with Crippen LogP contribution in [-0.4, -0.2) is 14.1 Å². The molecule has 0 unspecified atom stereocenters. The molecule has 0 N–H and O–H groups in total. The molecule has 0 aliphatic carbocycles. The van der Waals surface area contributed by atoms with Gasteiger partial charge in [0.15, 0.2) is 0 Å².